The van der Waals surface area contributed by atoms with Crippen LogP contribution in [0.25, 0.3) is 0 Å². The minimum absolute atomic E-state index is 0.0631. The Morgan fingerprint density at radius 1 is 1.15 bits per heavy atom. The zero-order chi connectivity index (χ0) is 19.3. The first-order valence-corrected chi connectivity index (χ1v) is 9.58. The Bertz CT molecular complexity index is 770. The van der Waals surface area contributed by atoms with E-state index in [1.54, 1.807) is 12.1 Å². The van der Waals surface area contributed by atoms with E-state index in [2.05, 4.69) is 34.7 Å². The van der Waals surface area contributed by atoms with E-state index in [0.29, 0.717) is 16.6 Å². The van der Waals surface area contributed by atoms with Crippen molar-refractivity contribution in [2.45, 2.75) is 47.1 Å². The molecule has 1 atom stereocenters. The average molecular weight is 375 g/mol. The number of carbonyl (C=O) groups excluding carboxylic acids is 2. The average Bonchev–Trinajstić information content (AvgIpc) is 2.97. The second kappa shape index (κ2) is 8.89. The number of aryl methyl sites for hydroxylation is 1. The van der Waals surface area contributed by atoms with Crippen LogP contribution in [0.1, 0.15) is 48.6 Å². The van der Waals surface area contributed by atoms with Crippen LogP contribution < -0.4 is 10.6 Å². The molecule has 2 rings (SSSR count). The number of rotatable bonds is 7. The summed E-state index contributed by atoms with van der Waals surface area (Å²) in [6.07, 6.45) is 0.825. The van der Waals surface area contributed by atoms with Crippen LogP contribution in [0.2, 0.25) is 0 Å². The van der Waals surface area contributed by atoms with Gasteiger partial charge in [-0.2, -0.15) is 0 Å². The maximum atomic E-state index is 12.6. The van der Waals surface area contributed by atoms with E-state index in [4.69, 9.17) is 0 Å². The lowest BCUT2D eigenvalue weighted by Crippen LogP contribution is -2.47. The predicted octanol–water partition coefficient (Wildman–Crippen LogP) is 3.44. The summed E-state index contributed by atoms with van der Waals surface area (Å²) in [5.41, 5.74) is 1.54. The van der Waals surface area contributed by atoms with E-state index < -0.39 is 6.04 Å². The van der Waals surface area contributed by atoms with Crippen molar-refractivity contribution in [1.82, 2.24) is 15.5 Å². The van der Waals surface area contributed by atoms with Gasteiger partial charge in [0.15, 0.2) is 0 Å². The molecule has 0 bridgehead atoms. The second-order valence-corrected chi connectivity index (χ2v) is 8.21. The highest BCUT2D eigenvalue weighted by Crippen LogP contribution is 2.19. The van der Waals surface area contributed by atoms with Crippen molar-refractivity contribution in [2.24, 2.45) is 11.8 Å². The van der Waals surface area contributed by atoms with Crippen molar-refractivity contribution < 1.29 is 9.59 Å². The maximum absolute atomic E-state index is 12.6. The van der Waals surface area contributed by atoms with Gasteiger partial charge >= 0.3 is 0 Å². The fraction of sp³-hybridized carbons (Fsp3) is 0.474. The summed E-state index contributed by atoms with van der Waals surface area (Å²) < 4.78 is 0. The molecule has 0 aliphatic heterocycles. The first-order chi connectivity index (χ1) is 12.3. The number of anilines is 1. The van der Waals surface area contributed by atoms with Crippen molar-refractivity contribution in [3.05, 3.63) is 40.4 Å². The first kappa shape index (κ1) is 20.0. The molecule has 0 aliphatic rings. The zero-order valence-electron chi connectivity index (χ0n) is 15.9. The number of hydrogen-bond donors (Lipinski definition) is 2. The summed E-state index contributed by atoms with van der Waals surface area (Å²) in [6, 6.07) is 6.63. The Labute approximate surface area is 158 Å². The molecule has 26 heavy (non-hydrogen) atoms. The quantitative estimate of drug-likeness (QED) is 0.777. The van der Waals surface area contributed by atoms with E-state index in [1.807, 2.05) is 32.9 Å². The Kier molecular flexibility index (Phi) is 6.85. The largest absolute Gasteiger partial charge is 0.340 e. The lowest BCUT2D eigenvalue weighted by Gasteiger charge is -2.21. The fourth-order valence-electron chi connectivity index (χ4n) is 2.46. The van der Waals surface area contributed by atoms with Gasteiger partial charge < -0.3 is 5.32 Å². The molecule has 0 spiro atoms. The molecule has 1 aromatic heterocycles. The van der Waals surface area contributed by atoms with Crippen LogP contribution >= 0.6 is 11.3 Å². The molecule has 7 heteroatoms. The molecule has 2 aromatic rings. The van der Waals surface area contributed by atoms with Crippen molar-refractivity contribution in [3.8, 4) is 0 Å². The third-order valence-corrected chi connectivity index (χ3v) is 4.66. The molecular weight excluding hydrogens is 348 g/mol. The van der Waals surface area contributed by atoms with Crippen molar-refractivity contribution in [3.63, 3.8) is 0 Å². The molecule has 0 saturated carbocycles. The minimum atomic E-state index is -0.652. The summed E-state index contributed by atoms with van der Waals surface area (Å²) >= 11 is 1.37. The summed E-state index contributed by atoms with van der Waals surface area (Å²) in [5, 5.41) is 15.1. The molecule has 1 aromatic carbocycles. The SMILES string of the molecule is Cc1cccc(C(=O)N[C@@H](C(=O)Nc2nnc(CC(C)C)s2)C(C)C)c1. The lowest BCUT2D eigenvalue weighted by atomic mass is 10.0. The Morgan fingerprint density at radius 3 is 2.50 bits per heavy atom. The van der Waals surface area contributed by atoms with Gasteiger partial charge in [-0.25, -0.2) is 0 Å². The van der Waals surface area contributed by atoms with Gasteiger partial charge in [0.1, 0.15) is 11.0 Å². The van der Waals surface area contributed by atoms with Crippen LogP contribution in [-0.4, -0.2) is 28.1 Å². The van der Waals surface area contributed by atoms with Gasteiger partial charge in [0, 0.05) is 12.0 Å². The number of nitrogens with one attached hydrogen (secondary N) is 2. The summed E-state index contributed by atoms with van der Waals surface area (Å²) in [5.74, 6) is -0.135. The van der Waals surface area contributed by atoms with E-state index in [1.165, 1.54) is 11.3 Å². The monoisotopic (exact) mass is 374 g/mol. The van der Waals surface area contributed by atoms with E-state index in [0.717, 1.165) is 17.0 Å². The predicted molar refractivity (Wildman–Crippen MR) is 104 cm³/mol. The third-order valence-electron chi connectivity index (χ3n) is 3.80. The summed E-state index contributed by atoms with van der Waals surface area (Å²) in [7, 11) is 0. The molecule has 1 heterocycles. The van der Waals surface area contributed by atoms with Crippen LogP contribution in [0.3, 0.4) is 0 Å². The standard InChI is InChI=1S/C19H26N4O2S/c1-11(2)9-15-22-23-19(26-15)21-18(25)16(12(3)4)20-17(24)14-8-6-7-13(5)10-14/h6-8,10-12,16H,9H2,1-5H3,(H,20,24)(H,21,23,25)/t16-/m1/s1. The number of hydrogen-bond acceptors (Lipinski definition) is 5. The number of aromatic nitrogens is 2. The highest BCUT2D eigenvalue weighted by atomic mass is 32.1. The molecular formula is C19H26N4O2S. The Morgan fingerprint density at radius 2 is 1.88 bits per heavy atom. The fourth-order valence-corrected chi connectivity index (χ4v) is 3.42. The number of amides is 2. The maximum Gasteiger partial charge on any atom is 0.251 e. The Balaban J connectivity index is 2.05. The van der Waals surface area contributed by atoms with Crippen LogP contribution in [0.5, 0.6) is 0 Å². The molecule has 0 aliphatic carbocycles. The van der Waals surface area contributed by atoms with Crippen LogP contribution in [0.4, 0.5) is 5.13 Å². The van der Waals surface area contributed by atoms with Crippen molar-refractivity contribution >= 4 is 28.3 Å². The number of benzene rings is 1. The van der Waals surface area contributed by atoms with E-state index >= 15 is 0 Å². The van der Waals surface area contributed by atoms with Crippen LogP contribution in [0, 0.1) is 18.8 Å². The topological polar surface area (TPSA) is 84.0 Å². The van der Waals surface area contributed by atoms with E-state index in [9.17, 15) is 9.59 Å². The first-order valence-electron chi connectivity index (χ1n) is 8.77. The van der Waals surface area contributed by atoms with Crippen LogP contribution in [0.15, 0.2) is 24.3 Å². The molecule has 140 valence electrons. The minimum Gasteiger partial charge on any atom is -0.340 e. The van der Waals surface area contributed by atoms with Gasteiger partial charge in [0.05, 0.1) is 0 Å². The second-order valence-electron chi connectivity index (χ2n) is 7.15. The summed E-state index contributed by atoms with van der Waals surface area (Å²) in [6.45, 7) is 9.92. The number of nitrogens with zero attached hydrogens (tertiary/aromatic N) is 2. The van der Waals surface area contributed by atoms with Crippen LogP contribution in [-0.2, 0) is 11.2 Å². The zero-order valence-corrected chi connectivity index (χ0v) is 16.7. The van der Waals surface area contributed by atoms with Gasteiger partial charge in [-0.05, 0) is 30.9 Å². The lowest BCUT2D eigenvalue weighted by molar-refractivity contribution is -0.118. The number of carbonyl (C=O) groups is 2. The molecule has 0 saturated heterocycles. The highest BCUT2D eigenvalue weighted by Gasteiger charge is 2.25. The highest BCUT2D eigenvalue weighted by molar-refractivity contribution is 7.15. The van der Waals surface area contributed by atoms with E-state index in [-0.39, 0.29) is 17.7 Å². The molecule has 2 amide bonds. The normalized spacial score (nSPS) is 12.3. The third kappa shape index (κ3) is 5.62. The smallest absolute Gasteiger partial charge is 0.251 e. The van der Waals surface area contributed by atoms with Gasteiger partial charge in [-0.1, -0.05) is 56.7 Å². The van der Waals surface area contributed by atoms with Gasteiger partial charge in [-0.3, -0.25) is 14.9 Å². The molecule has 0 unspecified atom stereocenters. The van der Waals surface area contributed by atoms with Gasteiger partial charge in [0.2, 0.25) is 11.0 Å². The summed E-state index contributed by atoms with van der Waals surface area (Å²) in [4.78, 5) is 25.1. The van der Waals surface area contributed by atoms with Crippen molar-refractivity contribution in [2.75, 3.05) is 5.32 Å². The van der Waals surface area contributed by atoms with Gasteiger partial charge in [-0.15, -0.1) is 10.2 Å². The van der Waals surface area contributed by atoms with Gasteiger partial charge in [0.25, 0.3) is 5.91 Å². The Hall–Kier alpha value is -2.28. The van der Waals surface area contributed by atoms with Crippen molar-refractivity contribution in [1.29, 1.82) is 0 Å². The molecule has 0 fully saturated rings. The molecule has 0 radical (unpaired) electrons. The molecule has 6 nitrogen and oxygen atoms in total. The molecule has 2 N–H and O–H groups in total.